The molecule has 0 atom stereocenters. The standard InChI is InChI=1S/C20H22ClN3O/c1-2-3-11-23-12-13-24(18-7-5-4-6-8-18)20(25)19-14-17(21)10-9-16(19)15-22/h4-10,14,23H,2-3,11-13H2,1H3. The maximum atomic E-state index is 13.1. The van der Waals surface area contributed by atoms with E-state index in [9.17, 15) is 10.1 Å². The Morgan fingerprint density at radius 2 is 1.96 bits per heavy atom. The van der Waals surface area contributed by atoms with Gasteiger partial charge >= 0.3 is 0 Å². The molecule has 2 aromatic carbocycles. The van der Waals surface area contributed by atoms with Crippen LogP contribution in [-0.2, 0) is 0 Å². The normalized spacial score (nSPS) is 10.3. The molecule has 1 amide bonds. The Kier molecular flexibility index (Phi) is 7.46. The monoisotopic (exact) mass is 355 g/mol. The summed E-state index contributed by atoms with van der Waals surface area (Å²) >= 11 is 6.04. The third-order valence-corrected chi connectivity index (χ3v) is 4.10. The predicted molar refractivity (Wildman–Crippen MR) is 102 cm³/mol. The number of unbranched alkanes of at least 4 members (excludes halogenated alkanes) is 1. The second-order valence-electron chi connectivity index (χ2n) is 5.70. The van der Waals surface area contributed by atoms with E-state index in [1.165, 1.54) is 0 Å². The highest BCUT2D eigenvalue weighted by atomic mass is 35.5. The van der Waals surface area contributed by atoms with Gasteiger partial charge in [0.15, 0.2) is 0 Å². The number of halogens is 1. The molecule has 0 saturated carbocycles. The fourth-order valence-electron chi connectivity index (χ4n) is 2.51. The number of hydrogen-bond acceptors (Lipinski definition) is 3. The Bertz CT molecular complexity index is 740. The summed E-state index contributed by atoms with van der Waals surface area (Å²) in [5.41, 5.74) is 1.45. The van der Waals surface area contributed by atoms with Crippen LogP contribution >= 0.6 is 11.6 Å². The van der Waals surface area contributed by atoms with Crippen molar-refractivity contribution in [2.75, 3.05) is 24.5 Å². The van der Waals surface area contributed by atoms with Crippen LogP contribution in [0.1, 0.15) is 35.7 Å². The Hall–Kier alpha value is -2.35. The fourth-order valence-corrected chi connectivity index (χ4v) is 2.68. The van der Waals surface area contributed by atoms with E-state index in [4.69, 9.17) is 11.6 Å². The number of amides is 1. The topological polar surface area (TPSA) is 56.1 Å². The maximum Gasteiger partial charge on any atom is 0.259 e. The largest absolute Gasteiger partial charge is 0.315 e. The number of carbonyl (C=O) groups excluding carboxylic acids is 1. The van der Waals surface area contributed by atoms with Gasteiger partial charge in [-0.25, -0.2) is 0 Å². The molecule has 130 valence electrons. The van der Waals surface area contributed by atoms with Crippen LogP contribution in [0, 0.1) is 11.3 Å². The molecule has 0 spiro atoms. The molecule has 4 nitrogen and oxygen atoms in total. The average Bonchev–Trinajstić information content (AvgIpc) is 2.65. The smallest absolute Gasteiger partial charge is 0.259 e. The SMILES string of the molecule is CCCCNCCN(C(=O)c1cc(Cl)ccc1C#N)c1ccccc1. The van der Waals surface area contributed by atoms with Gasteiger partial charge in [-0.15, -0.1) is 0 Å². The first kappa shape index (κ1) is 19.0. The summed E-state index contributed by atoms with van der Waals surface area (Å²) in [6, 6.07) is 16.3. The molecule has 0 saturated heterocycles. The molecular weight excluding hydrogens is 334 g/mol. The minimum absolute atomic E-state index is 0.220. The highest BCUT2D eigenvalue weighted by Crippen LogP contribution is 2.21. The lowest BCUT2D eigenvalue weighted by atomic mass is 10.1. The van der Waals surface area contributed by atoms with Gasteiger partial charge in [0, 0.05) is 23.8 Å². The molecule has 25 heavy (non-hydrogen) atoms. The lowest BCUT2D eigenvalue weighted by Crippen LogP contribution is -2.37. The molecule has 1 N–H and O–H groups in total. The van der Waals surface area contributed by atoms with E-state index in [0.29, 0.717) is 29.2 Å². The molecule has 0 radical (unpaired) electrons. The van der Waals surface area contributed by atoms with Gasteiger partial charge in [0.25, 0.3) is 5.91 Å². The van der Waals surface area contributed by atoms with Crippen molar-refractivity contribution in [3.05, 3.63) is 64.7 Å². The van der Waals surface area contributed by atoms with Gasteiger partial charge in [0.1, 0.15) is 0 Å². The molecule has 0 aliphatic carbocycles. The van der Waals surface area contributed by atoms with Crippen molar-refractivity contribution in [2.24, 2.45) is 0 Å². The van der Waals surface area contributed by atoms with E-state index in [1.807, 2.05) is 30.3 Å². The highest BCUT2D eigenvalue weighted by molar-refractivity contribution is 6.31. The first-order chi connectivity index (χ1) is 12.2. The molecule has 0 aromatic heterocycles. The summed E-state index contributed by atoms with van der Waals surface area (Å²) in [6.07, 6.45) is 2.23. The second kappa shape index (κ2) is 9.83. The fraction of sp³-hybridized carbons (Fsp3) is 0.300. The number of para-hydroxylation sites is 1. The molecule has 5 heteroatoms. The highest BCUT2D eigenvalue weighted by Gasteiger charge is 2.20. The number of anilines is 1. The molecule has 0 aliphatic rings. The lowest BCUT2D eigenvalue weighted by molar-refractivity contribution is 0.0987. The summed E-state index contributed by atoms with van der Waals surface area (Å²) in [4.78, 5) is 14.8. The number of nitrogens with zero attached hydrogens (tertiary/aromatic N) is 2. The van der Waals surface area contributed by atoms with Crippen molar-refractivity contribution in [3.63, 3.8) is 0 Å². The van der Waals surface area contributed by atoms with Gasteiger partial charge in [-0.05, 0) is 43.3 Å². The summed E-state index contributed by atoms with van der Waals surface area (Å²) in [5.74, 6) is -0.220. The van der Waals surface area contributed by atoms with E-state index >= 15 is 0 Å². The van der Waals surface area contributed by atoms with Crippen LogP contribution in [0.4, 0.5) is 5.69 Å². The molecular formula is C20H22ClN3O. The number of nitrogens with one attached hydrogen (secondary N) is 1. The van der Waals surface area contributed by atoms with Crippen molar-refractivity contribution in [1.82, 2.24) is 5.32 Å². The van der Waals surface area contributed by atoms with Gasteiger partial charge in [-0.3, -0.25) is 4.79 Å². The van der Waals surface area contributed by atoms with Crippen molar-refractivity contribution in [2.45, 2.75) is 19.8 Å². The second-order valence-corrected chi connectivity index (χ2v) is 6.13. The minimum Gasteiger partial charge on any atom is -0.315 e. The summed E-state index contributed by atoms with van der Waals surface area (Å²) in [7, 11) is 0. The van der Waals surface area contributed by atoms with Crippen molar-refractivity contribution >= 4 is 23.2 Å². The van der Waals surface area contributed by atoms with Crippen LogP contribution in [0.2, 0.25) is 5.02 Å². The number of hydrogen-bond donors (Lipinski definition) is 1. The van der Waals surface area contributed by atoms with E-state index < -0.39 is 0 Å². The van der Waals surface area contributed by atoms with E-state index in [0.717, 1.165) is 25.1 Å². The van der Waals surface area contributed by atoms with E-state index in [2.05, 4.69) is 18.3 Å². The molecule has 0 bridgehead atoms. The van der Waals surface area contributed by atoms with Crippen LogP contribution in [0.5, 0.6) is 0 Å². The first-order valence-electron chi connectivity index (χ1n) is 8.44. The summed E-state index contributed by atoms with van der Waals surface area (Å²) in [6.45, 7) is 4.27. The zero-order valence-electron chi connectivity index (χ0n) is 14.3. The number of nitriles is 1. The van der Waals surface area contributed by atoms with Crippen LogP contribution in [0.3, 0.4) is 0 Å². The van der Waals surface area contributed by atoms with Crippen LogP contribution in [0.25, 0.3) is 0 Å². The summed E-state index contributed by atoms with van der Waals surface area (Å²) < 4.78 is 0. The predicted octanol–water partition coefficient (Wildman–Crippen LogP) is 4.25. The number of benzene rings is 2. The third-order valence-electron chi connectivity index (χ3n) is 3.86. The van der Waals surface area contributed by atoms with Gasteiger partial charge in [0.2, 0.25) is 0 Å². The van der Waals surface area contributed by atoms with E-state index in [1.54, 1.807) is 23.1 Å². The zero-order chi connectivity index (χ0) is 18.1. The zero-order valence-corrected chi connectivity index (χ0v) is 15.1. The Balaban J connectivity index is 2.24. The molecule has 0 heterocycles. The van der Waals surface area contributed by atoms with Gasteiger partial charge < -0.3 is 10.2 Å². The van der Waals surface area contributed by atoms with Gasteiger partial charge in [-0.2, -0.15) is 5.26 Å². The number of rotatable bonds is 8. The van der Waals surface area contributed by atoms with Crippen molar-refractivity contribution in [3.8, 4) is 6.07 Å². The Morgan fingerprint density at radius 3 is 2.64 bits per heavy atom. The summed E-state index contributed by atoms with van der Waals surface area (Å²) in [5, 5.41) is 13.1. The minimum atomic E-state index is -0.220. The molecule has 0 aliphatic heterocycles. The van der Waals surface area contributed by atoms with Gasteiger partial charge in [-0.1, -0.05) is 43.1 Å². The molecule has 0 unspecified atom stereocenters. The lowest BCUT2D eigenvalue weighted by Gasteiger charge is -2.24. The van der Waals surface area contributed by atoms with Crippen molar-refractivity contribution in [1.29, 1.82) is 5.26 Å². The van der Waals surface area contributed by atoms with Crippen LogP contribution in [-0.4, -0.2) is 25.5 Å². The first-order valence-corrected chi connectivity index (χ1v) is 8.82. The Labute approximate surface area is 154 Å². The average molecular weight is 356 g/mol. The van der Waals surface area contributed by atoms with Crippen LogP contribution < -0.4 is 10.2 Å². The third kappa shape index (κ3) is 5.32. The Morgan fingerprint density at radius 1 is 1.20 bits per heavy atom. The van der Waals surface area contributed by atoms with Crippen molar-refractivity contribution < 1.29 is 4.79 Å². The van der Waals surface area contributed by atoms with E-state index in [-0.39, 0.29) is 5.91 Å². The number of carbonyl (C=O) groups is 1. The quantitative estimate of drug-likeness (QED) is 0.720. The molecule has 0 fully saturated rings. The molecule has 2 rings (SSSR count). The maximum absolute atomic E-state index is 13.1. The molecule has 2 aromatic rings. The van der Waals surface area contributed by atoms with Gasteiger partial charge in [0.05, 0.1) is 17.2 Å². The van der Waals surface area contributed by atoms with Crippen LogP contribution in [0.15, 0.2) is 48.5 Å².